The third kappa shape index (κ3) is 6.46. The number of hydrogen-bond acceptors (Lipinski definition) is 5. The Balaban J connectivity index is 2.27. The molecule has 0 fully saturated rings. The smallest absolute Gasteiger partial charge is 0.360 e. The van der Waals surface area contributed by atoms with E-state index in [1.54, 1.807) is 0 Å². The van der Waals surface area contributed by atoms with Crippen molar-refractivity contribution in [3.63, 3.8) is 0 Å². The van der Waals surface area contributed by atoms with Gasteiger partial charge in [0, 0.05) is 17.6 Å². The van der Waals surface area contributed by atoms with Crippen molar-refractivity contribution in [3.8, 4) is 6.07 Å². The Bertz CT molecular complexity index is 1160. The first kappa shape index (κ1) is 24.7. The minimum absolute atomic E-state index is 0.0121. The molecule has 1 amide bonds. The second kappa shape index (κ2) is 8.89. The maximum Gasteiger partial charge on any atom is 0.416 e. The van der Waals surface area contributed by atoms with Crippen LogP contribution in [-0.2, 0) is 27.3 Å². The number of nitrogens with one attached hydrogen (secondary N) is 2. The van der Waals surface area contributed by atoms with Crippen LogP contribution in [0.3, 0.4) is 0 Å². The Hall–Kier alpha value is -3.57. The summed E-state index contributed by atoms with van der Waals surface area (Å²) in [5, 5.41) is 13.3. The molecule has 0 aliphatic heterocycles. The lowest BCUT2D eigenvalue weighted by Crippen LogP contribution is -2.15. The van der Waals surface area contributed by atoms with Gasteiger partial charge in [0.25, 0.3) is 16.0 Å². The van der Waals surface area contributed by atoms with E-state index in [2.05, 4.69) is 10.6 Å². The number of alkyl halides is 6. The highest BCUT2D eigenvalue weighted by atomic mass is 32.2. The maximum atomic E-state index is 12.9. The van der Waals surface area contributed by atoms with Gasteiger partial charge in [0.05, 0.1) is 16.0 Å². The number of anilines is 2. The minimum Gasteiger partial charge on any atom is -0.360 e. The van der Waals surface area contributed by atoms with Crippen molar-refractivity contribution in [1.29, 1.82) is 5.26 Å². The Kier molecular flexibility index (Phi) is 6.86. The normalized spacial score (nSPS) is 12.8. The molecule has 2 rings (SSSR count). The molecule has 0 saturated carbocycles. The van der Waals surface area contributed by atoms with Crippen LogP contribution in [0.4, 0.5) is 37.7 Å². The molecular formula is C18H11F6N3O4S. The monoisotopic (exact) mass is 479 g/mol. The number of amides is 1. The van der Waals surface area contributed by atoms with Gasteiger partial charge in [-0.15, -0.1) is 0 Å². The molecule has 2 aromatic carbocycles. The Morgan fingerprint density at radius 3 is 1.84 bits per heavy atom. The third-order valence-corrected chi connectivity index (χ3v) is 4.61. The van der Waals surface area contributed by atoms with Gasteiger partial charge in [0.1, 0.15) is 11.6 Å². The molecule has 7 nitrogen and oxygen atoms in total. The fourth-order valence-corrected chi connectivity index (χ4v) is 2.73. The summed E-state index contributed by atoms with van der Waals surface area (Å²) in [7, 11) is -4.48. The van der Waals surface area contributed by atoms with Crippen LogP contribution in [0.5, 0.6) is 0 Å². The molecule has 0 unspecified atom stereocenters. The molecule has 0 spiro atoms. The van der Waals surface area contributed by atoms with Crippen molar-refractivity contribution in [3.05, 3.63) is 65.4 Å². The van der Waals surface area contributed by atoms with Gasteiger partial charge >= 0.3 is 12.4 Å². The van der Waals surface area contributed by atoms with E-state index in [1.807, 2.05) is 0 Å². The largest absolute Gasteiger partial charge is 0.416 e. The Labute approximate surface area is 176 Å². The summed E-state index contributed by atoms with van der Waals surface area (Å²) in [5.41, 5.74) is -4.59. The summed E-state index contributed by atoms with van der Waals surface area (Å²) in [6.45, 7) is 0. The van der Waals surface area contributed by atoms with E-state index in [4.69, 9.17) is 9.81 Å². The molecule has 0 bridgehead atoms. The quantitative estimate of drug-likeness (QED) is 0.253. The highest BCUT2D eigenvalue weighted by Gasteiger charge is 2.36. The van der Waals surface area contributed by atoms with E-state index in [-0.39, 0.29) is 11.8 Å². The van der Waals surface area contributed by atoms with Gasteiger partial charge in [-0.3, -0.25) is 9.35 Å². The van der Waals surface area contributed by atoms with Crippen LogP contribution in [0, 0.1) is 11.3 Å². The molecular weight excluding hydrogens is 468 g/mol. The van der Waals surface area contributed by atoms with Gasteiger partial charge in [0.15, 0.2) is 0 Å². The van der Waals surface area contributed by atoms with Crippen LogP contribution < -0.4 is 10.6 Å². The Morgan fingerprint density at radius 2 is 1.44 bits per heavy atom. The fourth-order valence-electron chi connectivity index (χ4n) is 2.25. The molecule has 0 atom stereocenters. The molecule has 14 heteroatoms. The number of nitriles is 1. The van der Waals surface area contributed by atoms with Crippen molar-refractivity contribution in [2.45, 2.75) is 17.2 Å². The molecule has 2 aromatic rings. The lowest BCUT2D eigenvalue weighted by molar-refractivity contribution is -0.143. The zero-order valence-corrected chi connectivity index (χ0v) is 16.2. The van der Waals surface area contributed by atoms with Gasteiger partial charge in [-0.2, -0.15) is 40.0 Å². The minimum atomic E-state index is -5.08. The molecule has 32 heavy (non-hydrogen) atoms. The molecule has 0 radical (unpaired) electrons. The highest BCUT2D eigenvalue weighted by molar-refractivity contribution is 7.85. The lowest BCUT2D eigenvalue weighted by atomic mass is 10.1. The summed E-state index contributed by atoms with van der Waals surface area (Å²) < 4.78 is 108. The number of rotatable bonds is 5. The molecule has 170 valence electrons. The fraction of sp³-hybridized carbons (Fsp3) is 0.111. The molecule has 0 aromatic heterocycles. The van der Waals surface area contributed by atoms with E-state index in [9.17, 15) is 39.6 Å². The summed E-state index contributed by atoms with van der Waals surface area (Å²) in [5.74, 6) is -1.09. The van der Waals surface area contributed by atoms with E-state index in [0.29, 0.717) is 18.3 Å². The maximum absolute atomic E-state index is 12.9. The number of nitrogens with zero attached hydrogens (tertiary/aromatic N) is 1. The Morgan fingerprint density at radius 1 is 0.938 bits per heavy atom. The van der Waals surface area contributed by atoms with E-state index < -0.39 is 55.7 Å². The topological polar surface area (TPSA) is 119 Å². The van der Waals surface area contributed by atoms with Gasteiger partial charge in [-0.1, -0.05) is 0 Å². The molecule has 0 heterocycles. The summed E-state index contributed by atoms with van der Waals surface area (Å²) in [6, 6.07) is 6.12. The summed E-state index contributed by atoms with van der Waals surface area (Å²) >= 11 is 0. The third-order valence-electron chi connectivity index (χ3n) is 3.75. The van der Waals surface area contributed by atoms with E-state index in [0.717, 1.165) is 24.3 Å². The standard InChI is InChI=1S/C18H11F6N3O4S/c19-17(20,21)11-5-12(18(22,23)24)7-14(6-11)26-9-10(8-25)16(28)27-13-1-3-15(4-2-13)32(29,30)31/h1-7,9,26H,(H,27,28)(H,29,30,31)/b10-9-. The predicted molar refractivity (Wildman–Crippen MR) is 98.7 cm³/mol. The van der Waals surface area contributed by atoms with Crippen molar-refractivity contribution in [1.82, 2.24) is 0 Å². The first-order chi connectivity index (χ1) is 14.6. The van der Waals surface area contributed by atoms with Crippen LogP contribution in [0.25, 0.3) is 0 Å². The van der Waals surface area contributed by atoms with Crippen LogP contribution in [0.15, 0.2) is 59.1 Å². The summed E-state index contributed by atoms with van der Waals surface area (Å²) in [4.78, 5) is 11.7. The average Bonchev–Trinajstić information content (AvgIpc) is 2.66. The van der Waals surface area contributed by atoms with Crippen molar-refractivity contribution in [2.75, 3.05) is 10.6 Å². The van der Waals surface area contributed by atoms with Crippen LogP contribution >= 0.6 is 0 Å². The molecule has 3 N–H and O–H groups in total. The average molecular weight is 479 g/mol. The first-order valence-corrected chi connectivity index (χ1v) is 9.60. The molecule has 0 aliphatic carbocycles. The van der Waals surface area contributed by atoms with Gasteiger partial charge in [-0.05, 0) is 42.5 Å². The second-order valence-corrected chi connectivity index (χ2v) is 7.48. The molecule has 0 aliphatic rings. The second-order valence-electron chi connectivity index (χ2n) is 6.06. The van der Waals surface area contributed by atoms with Crippen LogP contribution in [-0.4, -0.2) is 18.9 Å². The summed E-state index contributed by atoms with van der Waals surface area (Å²) in [6.07, 6.45) is -9.55. The van der Waals surface area contributed by atoms with Gasteiger partial charge in [0.2, 0.25) is 0 Å². The van der Waals surface area contributed by atoms with Crippen LogP contribution in [0.2, 0.25) is 0 Å². The van der Waals surface area contributed by atoms with Gasteiger partial charge < -0.3 is 10.6 Å². The van der Waals surface area contributed by atoms with Gasteiger partial charge in [-0.25, -0.2) is 0 Å². The number of hydrogen-bond donors (Lipinski definition) is 3. The lowest BCUT2D eigenvalue weighted by Gasteiger charge is -2.14. The first-order valence-electron chi connectivity index (χ1n) is 8.16. The number of benzene rings is 2. The van der Waals surface area contributed by atoms with Crippen molar-refractivity contribution >= 4 is 27.4 Å². The van der Waals surface area contributed by atoms with Crippen molar-refractivity contribution in [2.24, 2.45) is 0 Å². The molecule has 0 saturated heterocycles. The number of carbonyl (C=O) groups excluding carboxylic acids is 1. The zero-order valence-electron chi connectivity index (χ0n) is 15.4. The van der Waals surface area contributed by atoms with E-state index in [1.165, 1.54) is 6.07 Å². The number of carbonyl (C=O) groups is 1. The highest BCUT2D eigenvalue weighted by Crippen LogP contribution is 2.37. The predicted octanol–water partition coefficient (Wildman–Crippen LogP) is 4.43. The zero-order chi connectivity index (χ0) is 24.3. The number of halogens is 6. The van der Waals surface area contributed by atoms with Crippen molar-refractivity contribution < 1.29 is 44.1 Å². The van der Waals surface area contributed by atoms with Crippen LogP contribution in [0.1, 0.15) is 11.1 Å². The van der Waals surface area contributed by atoms with E-state index >= 15 is 0 Å². The SMILES string of the molecule is N#C/C(=C/Nc1cc(C(F)(F)F)cc(C(F)(F)F)c1)C(=O)Nc1ccc(S(=O)(=O)O)cc1.